The summed E-state index contributed by atoms with van der Waals surface area (Å²) >= 11 is 0. The fourth-order valence-electron chi connectivity index (χ4n) is 7.11. The van der Waals surface area contributed by atoms with Crippen molar-refractivity contribution in [2.45, 2.75) is 136 Å². The zero-order valence-corrected chi connectivity index (χ0v) is 22.8. The van der Waals surface area contributed by atoms with Crippen LogP contribution in [-0.2, 0) is 12.8 Å². The molecule has 2 fully saturated rings. The number of rotatable bonds is 12. The molecule has 0 amide bonds. The maximum Gasteiger partial charge on any atom is 0.124 e. The van der Waals surface area contributed by atoms with E-state index in [0.717, 1.165) is 89.9 Å². The first-order valence-corrected chi connectivity index (χ1v) is 14.7. The van der Waals surface area contributed by atoms with E-state index in [2.05, 4.69) is 51.1 Å². The Morgan fingerprint density at radius 1 is 0.743 bits per heavy atom. The van der Waals surface area contributed by atoms with Crippen LogP contribution in [0.3, 0.4) is 0 Å². The molecule has 0 spiro atoms. The molecule has 2 unspecified atom stereocenters. The van der Waals surface area contributed by atoms with E-state index in [1.807, 2.05) is 12.2 Å². The molecule has 3 rings (SSSR count). The SMILES string of the molecule is CCCC1(C(F)C=CCc2cccc(C)c2CC=CC(F)C2(CCC)CCCCC2)CCCCC1. The van der Waals surface area contributed by atoms with Crippen LogP contribution < -0.4 is 0 Å². The highest BCUT2D eigenvalue weighted by molar-refractivity contribution is 5.37. The molecule has 0 aliphatic heterocycles. The summed E-state index contributed by atoms with van der Waals surface area (Å²) in [7, 11) is 0. The predicted octanol–water partition coefficient (Wildman–Crippen LogP) is 10.4. The lowest BCUT2D eigenvalue weighted by Crippen LogP contribution is -2.33. The van der Waals surface area contributed by atoms with Crippen molar-refractivity contribution in [3.05, 3.63) is 59.2 Å². The third-order valence-corrected chi connectivity index (χ3v) is 9.14. The van der Waals surface area contributed by atoms with Crippen LogP contribution in [0.15, 0.2) is 42.5 Å². The monoisotopic (exact) mass is 484 g/mol. The summed E-state index contributed by atoms with van der Waals surface area (Å²) < 4.78 is 30.9. The number of hydrogen-bond donors (Lipinski definition) is 0. The van der Waals surface area contributed by atoms with Crippen LogP contribution in [0.5, 0.6) is 0 Å². The van der Waals surface area contributed by atoms with E-state index in [9.17, 15) is 0 Å². The zero-order chi connectivity index (χ0) is 25.2. The normalized spacial score (nSPS) is 22.0. The fraction of sp³-hybridized carbons (Fsp3) is 0.697. The molecule has 35 heavy (non-hydrogen) atoms. The van der Waals surface area contributed by atoms with Gasteiger partial charge in [-0.2, -0.15) is 0 Å². The lowest BCUT2D eigenvalue weighted by atomic mass is 9.68. The third kappa shape index (κ3) is 7.30. The van der Waals surface area contributed by atoms with Gasteiger partial charge in [0.05, 0.1) is 0 Å². The Morgan fingerprint density at radius 3 is 1.71 bits per heavy atom. The van der Waals surface area contributed by atoms with E-state index in [-0.39, 0.29) is 10.8 Å². The first-order valence-electron chi connectivity index (χ1n) is 14.7. The van der Waals surface area contributed by atoms with Crippen LogP contribution in [0, 0.1) is 17.8 Å². The average Bonchev–Trinajstić information content (AvgIpc) is 2.87. The smallest absolute Gasteiger partial charge is 0.124 e. The lowest BCUT2D eigenvalue weighted by Gasteiger charge is -2.39. The van der Waals surface area contributed by atoms with Crippen molar-refractivity contribution in [3.8, 4) is 0 Å². The summed E-state index contributed by atoms with van der Waals surface area (Å²) in [6, 6.07) is 6.39. The van der Waals surface area contributed by atoms with Crippen molar-refractivity contribution >= 4 is 0 Å². The topological polar surface area (TPSA) is 0 Å². The second-order valence-electron chi connectivity index (χ2n) is 11.6. The van der Waals surface area contributed by atoms with Gasteiger partial charge >= 0.3 is 0 Å². The molecular weight excluding hydrogens is 434 g/mol. The fourth-order valence-corrected chi connectivity index (χ4v) is 7.11. The minimum atomic E-state index is -0.854. The van der Waals surface area contributed by atoms with Crippen LogP contribution >= 0.6 is 0 Å². The maximum atomic E-state index is 15.5. The number of benzene rings is 1. The van der Waals surface area contributed by atoms with Gasteiger partial charge in [0.2, 0.25) is 0 Å². The highest BCUT2D eigenvalue weighted by Gasteiger charge is 2.39. The van der Waals surface area contributed by atoms with Crippen molar-refractivity contribution in [1.82, 2.24) is 0 Å². The molecule has 0 N–H and O–H groups in total. The maximum absolute atomic E-state index is 15.5. The zero-order valence-electron chi connectivity index (χ0n) is 22.8. The highest BCUT2D eigenvalue weighted by atomic mass is 19.1. The number of hydrogen-bond acceptors (Lipinski definition) is 0. The minimum absolute atomic E-state index is 0.147. The molecular formula is C33H50F2. The van der Waals surface area contributed by atoms with E-state index < -0.39 is 12.3 Å². The van der Waals surface area contributed by atoms with Gasteiger partial charge in [0.25, 0.3) is 0 Å². The second-order valence-corrected chi connectivity index (χ2v) is 11.6. The van der Waals surface area contributed by atoms with E-state index >= 15 is 8.78 Å². The van der Waals surface area contributed by atoms with E-state index in [0.29, 0.717) is 0 Å². The number of alkyl halides is 2. The molecule has 0 nitrogen and oxygen atoms in total. The Labute approximate surface area is 214 Å². The summed E-state index contributed by atoms with van der Waals surface area (Å²) in [5, 5.41) is 0. The van der Waals surface area contributed by atoms with Crippen LogP contribution in [0.2, 0.25) is 0 Å². The Bertz CT molecular complexity index is 797. The van der Waals surface area contributed by atoms with Crippen molar-refractivity contribution in [1.29, 1.82) is 0 Å². The highest BCUT2D eigenvalue weighted by Crippen LogP contribution is 2.46. The van der Waals surface area contributed by atoms with E-state index in [1.54, 1.807) is 0 Å². The Kier molecular flexibility index (Phi) is 11.1. The van der Waals surface area contributed by atoms with Crippen molar-refractivity contribution in [2.75, 3.05) is 0 Å². The van der Waals surface area contributed by atoms with Gasteiger partial charge in [-0.25, -0.2) is 8.78 Å². The largest absolute Gasteiger partial charge is 0.242 e. The summed E-state index contributed by atoms with van der Waals surface area (Å²) in [5.41, 5.74) is 3.45. The summed E-state index contributed by atoms with van der Waals surface area (Å²) in [6.45, 7) is 6.50. The van der Waals surface area contributed by atoms with E-state index in [1.165, 1.54) is 29.5 Å². The molecule has 0 aromatic heterocycles. The van der Waals surface area contributed by atoms with Crippen LogP contribution in [-0.4, -0.2) is 12.3 Å². The average molecular weight is 485 g/mol. The van der Waals surface area contributed by atoms with Gasteiger partial charge in [0, 0.05) is 10.8 Å². The molecule has 2 aliphatic rings. The first kappa shape index (κ1) is 28.1. The minimum Gasteiger partial charge on any atom is -0.242 e. The van der Waals surface area contributed by atoms with Gasteiger partial charge in [-0.1, -0.05) is 108 Å². The quantitative estimate of drug-likeness (QED) is 0.259. The van der Waals surface area contributed by atoms with Crippen molar-refractivity contribution in [3.63, 3.8) is 0 Å². The molecule has 0 bridgehead atoms. The Morgan fingerprint density at radius 2 is 1.23 bits per heavy atom. The molecule has 2 heteroatoms. The van der Waals surface area contributed by atoms with Crippen LogP contribution in [0.1, 0.15) is 120 Å². The number of halogens is 2. The van der Waals surface area contributed by atoms with E-state index in [4.69, 9.17) is 0 Å². The Hall–Kier alpha value is -1.44. The van der Waals surface area contributed by atoms with Crippen LogP contribution in [0.25, 0.3) is 0 Å². The molecule has 0 heterocycles. The molecule has 1 aromatic carbocycles. The second kappa shape index (κ2) is 13.8. The lowest BCUT2D eigenvalue weighted by molar-refractivity contribution is 0.0788. The molecule has 0 saturated heterocycles. The standard InChI is InChI=1S/C33H50F2/c1-4-21-32(23-8-6-9-24-32)30(34)19-13-17-28-16-12-15-27(3)29(28)18-14-20-31(35)33(22-5-2)25-10-7-11-26-33/h12-16,19-20,30-31H,4-11,17-18,21-26H2,1-3H3. The molecule has 1 aromatic rings. The molecule has 2 atom stereocenters. The summed E-state index contributed by atoms with van der Waals surface area (Å²) in [4.78, 5) is 0. The van der Waals surface area contributed by atoms with Gasteiger partial charge in [-0.3, -0.25) is 0 Å². The summed E-state index contributed by atoms with van der Waals surface area (Å²) in [6.07, 6.45) is 22.9. The molecule has 0 radical (unpaired) electrons. The molecule has 196 valence electrons. The Balaban J connectivity index is 1.66. The van der Waals surface area contributed by atoms with Crippen LogP contribution in [0.4, 0.5) is 8.78 Å². The van der Waals surface area contributed by atoms with Gasteiger partial charge in [0.1, 0.15) is 12.3 Å². The van der Waals surface area contributed by atoms with Crippen molar-refractivity contribution in [2.24, 2.45) is 10.8 Å². The van der Waals surface area contributed by atoms with Gasteiger partial charge in [-0.05, 0) is 75.0 Å². The van der Waals surface area contributed by atoms with Crippen molar-refractivity contribution < 1.29 is 8.78 Å². The van der Waals surface area contributed by atoms with Gasteiger partial charge < -0.3 is 0 Å². The molecule has 2 saturated carbocycles. The molecule has 2 aliphatic carbocycles. The third-order valence-electron chi connectivity index (χ3n) is 9.14. The predicted molar refractivity (Wildman–Crippen MR) is 148 cm³/mol. The number of aryl methyl sites for hydroxylation is 1. The first-order chi connectivity index (χ1) is 17.0. The van der Waals surface area contributed by atoms with Gasteiger partial charge in [0.15, 0.2) is 0 Å². The summed E-state index contributed by atoms with van der Waals surface area (Å²) in [5.74, 6) is 0. The van der Waals surface area contributed by atoms with Gasteiger partial charge in [-0.15, -0.1) is 0 Å². The number of allylic oxidation sites excluding steroid dienone is 4.